The summed E-state index contributed by atoms with van der Waals surface area (Å²) in [6.45, 7) is 16.4. The van der Waals surface area contributed by atoms with Crippen LogP contribution in [-0.4, -0.2) is 59.6 Å². The first-order valence-electron chi connectivity index (χ1n) is 12.3. The van der Waals surface area contributed by atoms with Crippen LogP contribution in [-0.2, 0) is 0 Å². The van der Waals surface area contributed by atoms with E-state index in [4.69, 9.17) is 4.42 Å². The Morgan fingerprint density at radius 3 is 1.70 bits per heavy atom. The van der Waals surface area contributed by atoms with Crippen LogP contribution in [0.25, 0.3) is 21.9 Å². The zero-order chi connectivity index (χ0) is 24.1. The molecule has 0 N–H and O–H groups in total. The van der Waals surface area contributed by atoms with Crippen LogP contribution in [0.3, 0.4) is 0 Å². The molecule has 33 heavy (non-hydrogen) atoms. The number of hydrogen-bond donors (Lipinski definition) is 0. The Hall–Kier alpha value is -2.50. The minimum Gasteiger partial charge on any atom is -0.456 e. The highest BCUT2D eigenvalue weighted by Crippen LogP contribution is 2.31. The zero-order valence-corrected chi connectivity index (χ0v) is 21.0. The number of hydrogen-bond acceptors (Lipinski definition) is 5. The summed E-state index contributed by atoms with van der Waals surface area (Å²) in [7, 11) is 0. The van der Waals surface area contributed by atoms with Crippen molar-refractivity contribution in [1.82, 2.24) is 9.80 Å². The number of carbonyl (C=O) groups is 2. The molecule has 0 aliphatic carbocycles. The first-order chi connectivity index (χ1) is 15.8. The van der Waals surface area contributed by atoms with Gasteiger partial charge >= 0.3 is 0 Å². The topological polar surface area (TPSA) is 53.8 Å². The van der Waals surface area contributed by atoms with E-state index in [1.54, 1.807) is 0 Å². The van der Waals surface area contributed by atoms with Crippen LogP contribution in [0, 0.1) is 0 Å². The highest BCUT2D eigenvalue weighted by atomic mass is 16.3. The van der Waals surface area contributed by atoms with E-state index in [2.05, 4.69) is 51.3 Å². The van der Waals surface area contributed by atoms with Crippen LogP contribution in [0.4, 0.5) is 0 Å². The molecule has 0 aliphatic heterocycles. The Morgan fingerprint density at radius 2 is 1.18 bits per heavy atom. The second-order valence-electron chi connectivity index (χ2n) is 8.92. The standard InChI is InChI=1S/C28H38N2O3/c1-7-29(8-2)19(5)15-25(31)21-12-14-27-24(17-21)23-13-11-22(18-28(23)33-27)26(32)16-20(6)30(9-3)10-4/h11-14,17-20H,7-10,15-16H2,1-6H3. The lowest BCUT2D eigenvalue weighted by molar-refractivity contribution is 0.0926. The third kappa shape index (κ3) is 5.53. The van der Waals surface area contributed by atoms with Gasteiger partial charge in [0.15, 0.2) is 11.6 Å². The molecule has 0 saturated heterocycles. The van der Waals surface area contributed by atoms with Gasteiger partial charge in [0.2, 0.25) is 0 Å². The van der Waals surface area contributed by atoms with E-state index in [1.807, 2.05) is 36.4 Å². The second-order valence-corrected chi connectivity index (χ2v) is 8.92. The van der Waals surface area contributed by atoms with Crippen LogP contribution in [0.15, 0.2) is 40.8 Å². The second kappa shape index (κ2) is 11.1. The molecule has 2 atom stereocenters. The van der Waals surface area contributed by atoms with Crippen molar-refractivity contribution in [2.75, 3.05) is 26.2 Å². The number of fused-ring (bicyclic) bond motifs is 3. The number of nitrogens with zero attached hydrogens (tertiary/aromatic N) is 2. The molecule has 0 fully saturated rings. The number of Topliss-reactive ketones (excluding diaryl/α,β-unsaturated/α-hetero) is 2. The molecule has 178 valence electrons. The van der Waals surface area contributed by atoms with Crippen molar-refractivity contribution in [2.45, 2.75) is 66.5 Å². The number of ketones is 2. The van der Waals surface area contributed by atoms with Crippen LogP contribution < -0.4 is 0 Å². The number of carbonyl (C=O) groups excluding carboxylic acids is 2. The average Bonchev–Trinajstić information content (AvgIpc) is 3.17. The van der Waals surface area contributed by atoms with Gasteiger partial charge in [0.25, 0.3) is 0 Å². The van der Waals surface area contributed by atoms with E-state index in [9.17, 15) is 9.59 Å². The lowest BCUT2D eigenvalue weighted by atomic mass is 10.00. The molecule has 0 bridgehead atoms. The number of benzene rings is 2. The zero-order valence-electron chi connectivity index (χ0n) is 21.0. The molecule has 0 spiro atoms. The predicted molar refractivity (Wildman–Crippen MR) is 136 cm³/mol. The fourth-order valence-electron chi connectivity index (χ4n) is 4.85. The molecule has 5 heteroatoms. The van der Waals surface area contributed by atoms with Gasteiger partial charge in [0, 0.05) is 46.8 Å². The van der Waals surface area contributed by atoms with Crippen molar-refractivity contribution in [3.05, 3.63) is 47.5 Å². The van der Waals surface area contributed by atoms with Crippen LogP contribution in [0.2, 0.25) is 0 Å². The Morgan fingerprint density at radius 1 is 0.697 bits per heavy atom. The molecule has 5 nitrogen and oxygen atoms in total. The largest absolute Gasteiger partial charge is 0.456 e. The maximum absolute atomic E-state index is 12.9. The minimum atomic E-state index is 0.123. The summed E-state index contributed by atoms with van der Waals surface area (Å²) in [5, 5.41) is 1.85. The number of furan rings is 1. The van der Waals surface area contributed by atoms with Gasteiger partial charge in [-0.2, -0.15) is 0 Å². The third-order valence-corrected chi connectivity index (χ3v) is 6.95. The summed E-state index contributed by atoms with van der Waals surface area (Å²) in [5.41, 5.74) is 2.80. The first-order valence-corrected chi connectivity index (χ1v) is 12.3. The van der Waals surface area contributed by atoms with Gasteiger partial charge in [0.05, 0.1) is 0 Å². The molecule has 3 aromatic rings. The van der Waals surface area contributed by atoms with Gasteiger partial charge < -0.3 is 14.2 Å². The van der Waals surface area contributed by atoms with E-state index >= 15 is 0 Å². The molecule has 3 rings (SSSR count). The molecule has 1 aromatic heterocycles. The Balaban J connectivity index is 1.83. The van der Waals surface area contributed by atoms with E-state index in [0.717, 1.165) is 42.5 Å². The van der Waals surface area contributed by atoms with Crippen molar-refractivity contribution >= 4 is 33.5 Å². The summed E-state index contributed by atoms with van der Waals surface area (Å²) in [5.74, 6) is 0.265. The Kier molecular flexibility index (Phi) is 8.44. The lowest BCUT2D eigenvalue weighted by Crippen LogP contribution is -2.34. The quantitative estimate of drug-likeness (QED) is 0.308. The summed E-state index contributed by atoms with van der Waals surface area (Å²) in [6.07, 6.45) is 0.975. The van der Waals surface area contributed by atoms with Gasteiger partial charge in [-0.05, 0) is 70.4 Å². The number of rotatable bonds is 12. The van der Waals surface area contributed by atoms with Crippen LogP contribution in [0.5, 0.6) is 0 Å². The summed E-state index contributed by atoms with van der Waals surface area (Å²) in [4.78, 5) is 30.4. The van der Waals surface area contributed by atoms with E-state index in [1.165, 1.54) is 0 Å². The smallest absolute Gasteiger partial charge is 0.164 e. The molecule has 0 aliphatic rings. The molecule has 2 unspecified atom stereocenters. The van der Waals surface area contributed by atoms with E-state index < -0.39 is 0 Å². The Bertz CT molecular complexity index is 1110. The predicted octanol–water partition coefficient (Wildman–Crippen LogP) is 6.19. The molecular weight excluding hydrogens is 412 g/mol. The van der Waals surface area contributed by atoms with E-state index in [0.29, 0.717) is 29.6 Å². The molecule has 1 heterocycles. The van der Waals surface area contributed by atoms with Crippen LogP contribution in [0.1, 0.15) is 75.1 Å². The van der Waals surface area contributed by atoms with Crippen molar-refractivity contribution in [3.63, 3.8) is 0 Å². The van der Waals surface area contributed by atoms with Gasteiger partial charge in [0.1, 0.15) is 11.2 Å². The minimum absolute atomic E-state index is 0.123. The van der Waals surface area contributed by atoms with Gasteiger partial charge in [-0.15, -0.1) is 0 Å². The molecule has 2 aromatic carbocycles. The molecule has 0 amide bonds. The van der Waals surface area contributed by atoms with Crippen LogP contribution >= 0.6 is 0 Å². The monoisotopic (exact) mass is 450 g/mol. The molecule has 0 radical (unpaired) electrons. The summed E-state index contributed by atoms with van der Waals surface area (Å²) >= 11 is 0. The Labute approximate surface area is 197 Å². The molecule has 0 saturated carbocycles. The third-order valence-electron chi connectivity index (χ3n) is 6.95. The highest BCUT2D eigenvalue weighted by Gasteiger charge is 2.19. The van der Waals surface area contributed by atoms with Gasteiger partial charge in [-0.3, -0.25) is 9.59 Å². The fraction of sp³-hybridized carbons (Fsp3) is 0.500. The normalized spacial score (nSPS) is 13.8. The SMILES string of the molecule is CCN(CC)C(C)CC(=O)c1ccc2c(c1)oc1ccc(C(=O)CC(C)N(CC)CC)cc12. The van der Waals surface area contributed by atoms with Crippen molar-refractivity contribution < 1.29 is 14.0 Å². The summed E-state index contributed by atoms with van der Waals surface area (Å²) in [6, 6.07) is 11.7. The average molecular weight is 451 g/mol. The van der Waals surface area contributed by atoms with Crippen molar-refractivity contribution in [1.29, 1.82) is 0 Å². The summed E-state index contributed by atoms with van der Waals surface area (Å²) < 4.78 is 6.04. The maximum atomic E-state index is 12.9. The van der Waals surface area contributed by atoms with Gasteiger partial charge in [-0.1, -0.05) is 33.8 Å². The lowest BCUT2D eigenvalue weighted by Gasteiger charge is -2.25. The fourth-order valence-corrected chi connectivity index (χ4v) is 4.85. The molecular formula is C28H38N2O3. The van der Waals surface area contributed by atoms with Crippen molar-refractivity contribution in [2.24, 2.45) is 0 Å². The van der Waals surface area contributed by atoms with E-state index in [-0.39, 0.29) is 23.7 Å². The van der Waals surface area contributed by atoms with Gasteiger partial charge in [-0.25, -0.2) is 0 Å². The maximum Gasteiger partial charge on any atom is 0.164 e. The van der Waals surface area contributed by atoms with Crippen molar-refractivity contribution in [3.8, 4) is 0 Å². The first kappa shape index (κ1) is 25.1. The highest BCUT2D eigenvalue weighted by molar-refractivity contribution is 6.10.